The lowest BCUT2D eigenvalue weighted by Crippen LogP contribution is -2.54. The lowest BCUT2D eigenvalue weighted by atomic mass is 9.61. The molecule has 3 aliphatic carbocycles. The smallest absolute Gasteiger partial charge is 0.255 e. The first-order chi connectivity index (χ1) is 17.1. The molecule has 0 spiro atoms. The summed E-state index contributed by atoms with van der Waals surface area (Å²) in [6, 6.07) is 0. The maximum absolute atomic E-state index is 15.5. The number of aromatic hydroxyl groups is 1. The van der Waals surface area contributed by atoms with Crippen molar-refractivity contribution < 1.29 is 38.9 Å². The molecule has 0 radical (unpaired) electrons. The molecule has 0 fully saturated rings. The highest BCUT2D eigenvalue weighted by atomic mass is 19.1. The summed E-state index contributed by atoms with van der Waals surface area (Å²) in [6.07, 6.45) is 0.853. The molecule has 198 valence electrons. The topological polar surface area (TPSA) is 179 Å². The second kappa shape index (κ2) is 8.77. The average Bonchev–Trinajstić information content (AvgIpc) is 2.78. The van der Waals surface area contributed by atoms with Gasteiger partial charge in [-0.05, 0) is 52.5 Å². The third kappa shape index (κ3) is 4.31. The van der Waals surface area contributed by atoms with Crippen molar-refractivity contribution in [1.82, 2.24) is 5.32 Å². The largest absolute Gasteiger partial charge is 0.511 e. The Labute approximate surface area is 212 Å². The molecule has 1 unspecified atom stereocenters. The molecule has 1 aromatic rings. The number of halogens is 1. The summed E-state index contributed by atoms with van der Waals surface area (Å²) in [5, 5.41) is 37.9. The normalized spacial score (nSPS) is 25.2. The van der Waals surface area contributed by atoms with Gasteiger partial charge in [-0.3, -0.25) is 19.2 Å². The van der Waals surface area contributed by atoms with Crippen molar-refractivity contribution in [3.05, 3.63) is 45.5 Å². The average molecular weight is 516 g/mol. The Balaban J connectivity index is 1.75. The Hall–Kier alpha value is -3.57. The molecule has 2 amide bonds. The van der Waals surface area contributed by atoms with Crippen molar-refractivity contribution in [2.24, 2.45) is 17.6 Å². The van der Waals surface area contributed by atoms with E-state index in [1.54, 1.807) is 0 Å². The van der Waals surface area contributed by atoms with E-state index in [0.29, 0.717) is 0 Å². The summed E-state index contributed by atoms with van der Waals surface area (Å²) in [5.41, 5.74) is 1.16. The van der Waals surface area contributed by atoms with Crippen molar-refractivity contribution in [3.63, 3.8) is 0 Å². The van der Waals surface area contributed by atoms with Crippen LogP contribution in [0.5, 0.6) is 5.75 Å². The van der Waals surface area contributed by atoms with Crippen molar-refractivity contribution >= 4 is 29.1 Å². The van der Waals surface area contributed by atoms with Crippen molar-refractivity contribution in [2.75, 3.05) is 11.9 Å². The molecular formula is C26H30FN3O7. The van der Waals surface area contributed by atoms with Crippen LogP contribution in [0.3, 0.4) is 0 Å². The first-order valence-electron chi connectivity index (χ1n) is 11.9. The predicted octanol–water partition coefficient (Wildman–Crippen LogP) is 1.47. The van der Waals surface area contributed by atoms with E-state index >= 15 is 4.39 Å². The number of aliphatic hydroxyl groups excluding tert-OH is 1. The summed E-state index contributed by atoms with van der Waals surface area (Å²) < 4.78 is 15.5. The number of Topliss-reactive ketones (excluding diaryl/α,β-unsaturated/α-hetero) is 2. The predicted molar refractivity (Wildman–Crippen MR) is 130 cm³/mol. The Bertz CT molecular complexity index is 1320. The zero-order chi connectivity index (χ0) is 27.6. The molecule has 3 atom stereocenters. The second-order valence-electron chi connectivity index (χ2n) is 11.0. The lowest BCUT2D eigenvalue weighted by Gasteiger charge is -2.44. The van der Waals surface area contributed by atoms with E-state index in [2.05, 4.69) is 10.6 Å². The maximum Gasteiger partial charge on any atom is 0.255 e. The summed E-state index contributed by atoms with van der Waals surface area (Å²) in [7, 11) is 0. The molecule has 4 rings (SSSR count). The van der Waals surface area contributed by atoms with Crippen LogP contribution in [0, 0.1) is 24.6 Å². The van der Waals surface area contributed by atoms with E-state index in [9.17, 15) is 34.5 Å². The standard InChI is InChI=1S/C26H30FN3O7/c1-10-19(27)13-6-11-5-12-7-15(31)18(24(28)36)23(35)26(12,37)8-14(11)21(33)17(13)22(34)20(10)30-16(32)9-29-25(2,3)4/h8,11-12,29,31,34,37H,5-7,9H2,1-4H3,(H2,28,36)(H,30,32)/t11?,12-,26+/m0/s1. The number of fused-ring (bicyclic) bond motifs is 3. The van der Waals surface area contributed by atoms with E-state index in [0.717, 1.165) is 6.08 Å². The van der Waals surface area contributed by atoms with Gasteiger partial charge in [-0.25, -0.2) is 4.39 Å². The number of carbonyl (C=O) groups excluding carboxylic acids is 4. The molecule has 0 bridgehead atoms. The van der Waals surface area contributed by atoms with Gasteiger partial charge in [-0.15, -0.1) is 0 Å². The number of rotatable bonds is 4. The summed E-state index contributed by atoms with van der Waals surface area (Å²) in [5.74, 6) is -7.04. The number of hydrogen-bond donors (Lipinski definition) is 6. The number of carbonyl (C=O) groups is 4. The van der Waals surface area contributed by atoms with Crippen LogP contribution in [0.25, 0.3) is 0 Å². The van der Waals surface area contributed by atoms with Gasteiger partial charge in [0.2, 0.25) is 11.7 Å². The SMILES string of the molecule is Cc1c(F)c2c(c(O)c1NC(=O)CNC(C)(C)C)C(=O)C1=C[C@]3(O)C(=O)C(C(N)=O)=C(O)C[C@@H]3CC1C2. The number of phenolic OH excluding ortho intramolecular Hbond substituents is 1. The third-order valence-corrected chi connectivity index (χ3v) is 7.30. The van der Waals surface area contributed by atoms with E-state index in [4.69, 9.17) is 5.73 Å². The molecule has 1 aromatic carbocycles. The number of anilines is 1. The zero-order valence-electron chi connectivity index (χ0n) is 21.0. The number of primary amides is 1. The summed E-state index contributed by atoms with van der Waals surface area (Å²) in [4.78, 5) is 50.7. The minimum atomic E-state index is -2.27. The monoisotopic (exact) mass is 515 g/mol. The summed E-state index contributed by atoms with van der Waals surface area (Å²) >= 11 is 0. The number of hydrogen-bond acceptors (Lipinski definition) is 8. The van der Waals surface area contributed by atoms with Crippen LogP contribution in [0.15, 0.2) is 23.0 Å². The van der Waals surface area contributed by atoms with Crippen LogP contribution in [-0.2, 0) is 20.8 Å². The highest BCUT2D eigenvalue weighted by Crippen LogP contribution is 2.50. The van der Waals surface area contributed by atoms with Crippen LogP contribution >= 0.6 is 0 Å². The third-order valence-electron chi connectivity index (χ3n) is 7.30. The van der Waals surface area contributed by atoms with Crippen LogP contribution in [0.2, 0.25) is 0 Å². The fourth-order valence-corrected chi connectivity index (χ4v) is 5.38. The van der Waals surface area contributed by atoms with Crippen LogP contribution in [0.1, 0.15) is 55.1 Å². The Morgan fingerprint density at radius 1 is 1.22 bits per heavy atom. The molecule has 10 nitrogen and oxygen atoms in total. The molecule has 0 saturated carbocycles. The van der Waals surface area contributed by atoms with Gasteiger partial charge >= 0.3 is 0 Å². The van der Waals surface area contributed by atoms with Crippen molar-refractivity contribution in [2.45, 2.75) is 58.1 Å². The number of nitrogens with one attached hydrogen (secondary N) is 2. The number of ketones is 2. The van der Waals surface area contributed by atoms with Gasteiger partial charge < -0.3 is 31.7 Å². The molecule has 0 aromatic heterocycles. The second-order valence-corrected chi connectivity index (χ2v) is 11.0. The van der Waals surface area contributed by atoms with Crippen molar-refractivity contribution in [3.8, 4) is 5.75 Å². The van der Waals surface area contributed by atoms with Crippen LogP contribution < -0.4 is 16.4 Å². The number of allylic oxidation sites excluding steroid dienone is 2. The number of aliphatic hydroxyl groups is 2. The van der Waals surface area contributed by atoms with Gasteiger partial charge in [0.1, 0.15) is 22.8 Å². The van der Waals surface area contributed by atoms with Gasteiger partial charge in [0, 0.05) is 34.6 Å². The fraction of sp³-hybridized carbons (Fsp3) is 0.462. The lowest BCUT2D eigenvalue weighted by molar-refractivity contribution is -0.138. The van der Waals surface area contributed by atoms with Gasteiger partial charge in [0.15, 0.2) is 11.5 Å². The van der Waals surface area contributed by atoms with E-state index in [-0.39, 0.29) is 59.3 Å². The molecule has 7 N–H and O–H groups in total. The van der Waals surface area contributed by atoms with Gasteiger partial charge in [0.05, 0.1) is 17.8 Å². The number of benzene rings is 1. The van der Waals surface area contributed by atoms with Crippen LogP contribution in [-0.4, -0.2) is 56.4 Å². The first kappa shape index (κ1) is 26.5. The zero-order valence-corrected chi connectivity index (χ0v) is 21.0. The Morgan fingerprint density at radius 3 is 2.46 bits per heavy atom. The van der Waals surface area contributed by atoms with Gasteiger partial charge in [0.25, 0.3) is 5.91 Å². The molecule has 11 heteroatoms. The number of nitrogens with two attached hydrogens (primary N) is 1. The molecule has 0 saturated heterocycles. The number of phenols is 1. The van der Waals surface area contributed by atoms with E-state index < -0.39 is 63.7 Å². The quantitative estimate of drug-likeness (QED) is 0.258. The minimum absolute atomic E-state index is 0.0130. The van der Waals surface area contributed by atoms with E-state index in [1.807, 2.05) is 20.8 Å². The van der Waals surface area contributed by atoms with Crippen molar-refractivity contribution in [1.29, 1.82) is 0 Å². The highest BCUT2D eigenvalue weighted by Gasteiger charge is 2.54. The minimum Gasteiger partial charge on any atom is -0.511 e. The fourth-order valence-electron chi connectivity index (χ4n) is 5.38. The molecule has 3 aliphatic rings. The summed E-state index contributed by atoms with van der Waals surface area (Å²) in [6.45, 7) is 6.82. The molecular weight excluding hydrogens is 485 g/mol. The maximum atomic E-state index is 15.5. The molecule has 0 heterocycles. The molecule has 0 aliphatic heterocycles. The van der Waals surface area contributed by atoms with Crippen LogP contribution in [0.4, 0.5) is 10.1 Å². The Kier molecular flexibility index (Phi) is 6.28. The van der Waals surface area contributed by atoms with Gasteiger partial charge in [-0.2, -0.15) is 0 Å². The van der Waals surface area contributed by atoms with Gasteiger partial charge in [-0.1, -0.05) is 0 Å². The number of amides is 2. The Morgan fingerprint density at radius 2 is 1.86 bits per heavy atom. The first-order valence-corrected chi connectivity index (χ1v) is 11.9. The highest BCUT2D eigenvalue weighted by molar-refractivity contribution is 6.24. The van der Waals surface area contributed by atoms with E-state index in [1.165, 1.54) is 6.92 Å². The molecule has 37 heavy (non-hydrogen) atoms.